The van der Waals surface area contributed by atoms with Crippen LogP contribution in [0.15, 0.2) is 18.2 Å². The summed E-state index contributed by atoms with van der Waals surface area (Å²) in [7, 11) is 0. The number of aliphatic hydroxyl groups excluding tert-OH is 1. The van der Waals surface area contributed by atoms with E-state index in [0.717, 1.165) is 17.5 Å². The molecule has 1 atom stereocenters. The average Bonchev–Trinajstić information content (AvgIpc) is 2.55. The number of hydrogen-bond donors (Lipinski definition) is 1. The van der Waals surface area contributed by atoms with Crippen molar-refractivity contribution >= 4 is 5.78 Å². The van der Waals surface area contributed by atoms with Crippen molar-refractivity contribution in [2.45, 2.75) is 32.3 Å². The van der Waals surface area contributed by atoms with Gasteiger partial charge < -0.3 is 5.11 Å². The Hall–Kier alpha value is -1.15. The molecule has 1 aliphatic carbocycles. The first-order valence-electron chi connectivity index (χ1n) is 5.03. The quantitative estimate of drug-likeness (QED) is 0.721. The predicted molar refractivity (Wildman–Crippen MR) is 54.5 cm³/mol. The second kappa shape index (κ2) is 3.54. The maximum Gasteiger partial charge on any atom is 0.162 e. The molecule has 74 valence electrons. The van der Waals surface area contributed by atoms with Crippen LogP contribution in [0.2, 0.25) is 0 Å². The molecule has 1 aromatic carbocycles. The Morgan fingerprint density at radius 2 is 2.14 bits per heavy atom. The van der Waals surface area contributed by atoms with E-state index in [9.17, 15) is 9.90 Å². The van der Waals surface area contributed by atoms with Crippen LogP contribution < -0.4 is 0 Å². The van der Waals surface area contributed by atoms with Crippen molar-refractivity contribution < 1.29 is 9.90 Å². The van der Waals surface area contributed by atoms with Crippen molar-refractivity contribution in [3.8, 4) is 0 Å². The van der Waals surface area contributed by atoms with Gasteiger partial charge in [-0.3, -0.25) is 4.79 Å². The summed E-state index contributed by atoms with van der Waals surface area (Å²) in [6, 6.07) is 5.76. The highest BCUT2D eigenvalue weighted by Crippen LogP contribution is 2.23. The third kappa shape index (κ3) is 1.58. The smallest absolute Gasteiger partial charge is 0.162 e. The minimum absolute atomic E-state index is 0.175. The Morgan fingerprint density at radius 3 is 2.86 bits per heavy atom. The van der Waals surface area contributed by atoms with Crippen molar-refractivity contribution in [1.29, 1.82) is 0 Å². The third-order valence-corrected chi connectivity index (χ3v) is 2.76. The zero-order chi connectivity index (χ0) is 10.1. The van der Waals surface area contributed by atoms with Crippen LogP contribution in [0.3, 0.4) is 0 Å². The van der Waals surface area contributed by atoms with Gasteiger partial charge in [-0.15, -0.1) is 0 Å². The van der Waals surface area contributed by atoms with Crippen molar-refractivity contribution in [2.75, 3.05) is 0 Å². The molecule has 0 saturated heterocycles. The lowest BCUT2D eigenvalue weighted by Crippen LogP contribution is -2.03. The highest BCUT2D eigenvalue weighted by molar-refractivity contribution is 5.96. The standard InChI is InChI=1S/C12H14O2/c1-2-12(14)9-4-3-8-6-11(13)7-10(8)5-9/h3-5,11,13H,2,6-7H2,1H3. The van der Waals surface area contributed by atoms with Gasteiger partial charge in [-0.2, -0.15) is 0 Å². The second-order valence-corrected chi connectivity index (χ2v) is 3.82. The van der Waals surface area contributed by atoms with Gasteiger partial charge in [0.05, 0.1) is 6.10 Å². The van der Waals surface area contributed by atoms with Gasteiger partial charge in [0, 0.05) is 12.0 Å². The molecule has 0 aromatic heterocycles. The SMILES string of the molecule is CCC(=O)c1ccc2c(c1)CC(O)C2. The maximum absolute atomic E-state index is 11.4. The molecule has 2 rings (SSSR count). The summed E-state index contributed by atoms with van der Waals surface area (Å²) in [5.41, 5.74) is 3.10. The van der Waals surface area contributed by atoms with Crippen LogP contribution in [-0.2, 0) is 12.8 Å². The fourth-order valence-electron chi connectivity index (χ4n) is 1.97. The van der Waals surface area contributed by atoms with Crippen molar-refractivity contribution in [3.05, 3.63) is 34.9 Å². The van der Waals surface area contributed by atoms with Gasteiger partial charge in [0.2, 0.25) is 0 Å². The normalized spacial score (nSPS) is 19.4. The third-order valence-electron chi connectivity index (χ3n) is 2.76. The van der Waals surface area contributed by atoms with Gasteiger partial charge in [0.1, 0.15) is 0 Å². The lowest BCUT2D eigenvalue weighted by atomic mass is 10.0. The molecule has 1 N–H and O–H groups in total. The van der Waals surface area contributed by atoms with Crippen LogP contribution >= 0.6 is 0 Å². The first-order valence-corrected chi connectivity index (χ1v) is 5.03. The molecule has 14 heavy (non-hydrogen) atoms. The topological polar surface area (TPSA) is 37.3 Å². The fraction of sp³-hybridized carbons (Fsp3) is 0.417. The molecular formula is C12H14O2. The van der Waals surface area contributed by atoms with E-state index < -0.39 is 0 Å². The molecule has 0 saturated carbocycles. The van der Waals surface area contributed by atoms with Gasteiger partial charge >= 0.3 is 0 Å². The zero-order valence-electron chi connectivity index (χ0n) is 8.29. The van der Waals surface area contributed by atoms with Gasteiger partial charge in [0.25, 0.3) is 0 Å². The molecule has 2 heteroatoms. The summed E-state index contributed by atoms with van der Waals surface area (Å²) in [4.78, 5) is 11.4. The maximum atomic E-state index is 11.4. The molecule has 0 bridgehead atoms. The van der Waals surface area contributed by atoms with E-state index in [1.165, 1.54) is 5.56 Å². The van der Waals surface area contributed by atoms with Crippen molar-refractivity contribution in [3.63, 3.8) is 0 Å². The second-order valence-electron chi connectivity index (χ2n) is 3.82. The first kappa shape index (κ1) is 9.41. The Kier molecular flexibility index (Phi) is 2.38. The molecular weight excluding hydrogens is 176 g/mol. The molecule has 0 radical (unpaired) electrons. The Labute approximate surface area is 83.6 Å². The number of aliphatic hydroxyl groups is 1. The van der Waals surface area contributed by atoms with Crippen LogP contribution in [0.1, 0.15) is 34.8 Å². The lowest BCUT2D eigenvalue weighted by molar-refractivity contribution is 0.0988. The summed E-state index contributed by atoms with van der Waals surface area (Å²) < 4.78 is 0. The monoisotopic (exact) mass is 190 g/mol. The highest BCUT2D eigenvalue weighted by atomic mass is 16.3. The van der Waals surface area contributed by atoms with Crippen LogP contribution in [-0.4, -0.2) is 17.0 Å². The van der Waals surface area contributed by atoms with Crippen molar-refractivity contribution in [2.24, 2.45) is 0 Å². The number of benzene rings is 1. The van der Waals surface area contributed by atoms with Gasteiger partial charge in [-0.25, -0.2) is 0 Å². The molecule has 1 aromatic rings. The number of rotatable bonds is 2. The summed E-state index contributed by atoms with van der Waals surface area (Å²) in [5, 5.41) is 9.45. The van der Waals surface area contributed by atoms with Gasteiger partial charge in [-0.05, 0) is 30.0 Å². The summed E-state index contributed by atoms with van der Waals surface area (Å²) in [6.07, 6.45) is 1.72. The average molecular weight is 190 g/mol. The minimum atomic E-state index is -0.253. The first-order chi connectivity index (χ1) is 6.70. The van der Waals surface area contributed by atoms with Crippen LogP contribution in [0.25, 0.3) is 0 Å². The van der Waals surface area contributed by atoms with Crippen LogP contribution in [0.4, 0.5) is 0 Å². The molecule has 0 heterocycles. The lowest BCUT2D eigenvalue weighted by Gasteiger charge is -2.01. The van der Waals surface area contributed by atoms with E-state index in [0.29, 0.717) is 12.8 Å². The number of hydrogen-bond acceptors (Lipinski definition) is 2. The van der Waals surface area contributed by atoms with E-state index >= 15 is 0 Å². The Balaban J connectivity index is 2.33. The fourth-order valence-corrected chi connectivity index (χ4v) is 1.97. The molecule has 0 aliphatic heterocycles. The Morgan fingerprint density at radius 1 is 1.43 bits per heavy atom. The number of Topliss-reactive ketones (excluding diaryl/α,β-unsaturated/α-hetero) is 1. The molecule has 0 fully saturated rings. The number of ketones is 1. The van der Waals surface area contributed by atoms with Gasteiger partial charge in [0.15, 0.2) is 5.78 Å². The number of fused-ring (bicyclic) bond motifs is 1. The van der Waals surface area contributed by atoms with E-state index in [4.69, 9.17) is 0 Å². The van der Waals surface area contributed by atoms with E-state index in [2.05, 4.69) is 0 Å². The largest absolute Gasteiger partial charge is 0.392 e. The van der Waals surface area contributed by atoms with E-state index in [1.807, 2.05) is 25.1 Å². The molecule has 2 nitrogen and oxygen atoms in total. The molecule has 0 spiro atoms. The Bertz CT molecular complexity index is 369. The highest BCUT2D eigenvalue weighted by Gasteiger charge is 2.19. The summed E-state index contributed by atoms with van der Waals surface area (Å²) in [6.45, 7) is 1.87. The van der Waals surface area contributed by atoms with Crippen LogP contribution in [0.5, 0.6) is 0 Å². The van der Waals surface area contributed by atoms with E-state index in [-0.39, 0.29) is 11.9 Å². The zero-order valence-corrected chi connectivity index (χ0v) is 8.29. The predicted octanol–water partition coefficient (Wildman–Crippen LogP) is 1.74. The number of carbonyl (C=O) groups excluding carboxylic acids is 1. The minimum Gasteiger partial charge on any atom is -0.392 e. The van der Waals surface area contributed by atoms with E-state index in [1.54, 1.807) is 0 Å². The molecule has 1 unspecified atom stereocenters. The summed E-state index contributed by atoms with van der Waals surface area (Å²) >= 11 is 0. The summed E-state index contributed by atoms with van der Waals surface area (Å²) in [5.74, 6) is 0.175. The molecule has 1 aliphatic rings. The van der Waals surface area contributed by atoms with Crippen molar-refractivity contribution in [1.82, 2.24) is 0 Å². The van der Waals surface area contributed by atoms with Crippen LogP contribution in [0, 0.1) is 0 Å². The van der Waals surface area contributed by atoms with Gasteiger partial charge in [-0.1, -0.05) is 19.1 Å². The molecule has 0 amide bonds. The number of carbonyl (C=O) groups is 1.